The third-order valence-electron chi connectivity index (χ3n) is 3.36. The van der Waals surface area contributed by atoms with E-state index >= 15 is 0 Å². The first kappa shape index (κ1) is 13.2. The third-order valence-corrected chi connectivity index (χ3v) is 4.25. The Bertz CT molecular complexity index is 912. The molecule has 110 valence electrons. The average Bonchev–Trinajstić information content (AvgIpc) is 3.11. The molecule has 4 rings (SSSR count). The van der Waals surface area contributed by atoms with Gasteiger partial charge in [0.15, 0.2) is 5.65 Å². The number of furan rings is 1. The van der Waals surface area contributed by atoms with Crippen molar-refractivity contribution < 1.29 is 14.3 Å². The number of rotatable bonds is 4. The topological polar surface area (TPSA) is 68.4 Å². The van der Waals surface area contributed by atoms with Crippen LogP contribution >= 0.6 is 11.3 Å². The van der Waals surface area contributed by atoms with Gasteiger partial charge in [-0.05, 0) is 30.7 Å². The maximum absolute atomic E-state index is 9.04. The molecule has 4 aromatic rings. The summed E-state index contributed by atoms with van der Waals surface area (Å²) in [6.45, 7) is 0.103. The van der Waals surface area contributed by atoms with Crippen molar-refractivity contribution in [2.75, 3.05) is 6.61 Å². The predicted molar refractivity (Wildman–Crippen MR) is 84.5 cm³/mol. The second-order valence-corrected chi connectivity index (χ2v) is 5.79. The van der Waals surface area contributed by atoms with Crippen LogP contribution < -0.4 is 4.74 Å². The number of nitrogens with zero attached hydrogens (tertiary/aromatic N) is 2. The van der Waals surface area contributed by atoms with Crippen molar-refractivity contribution in [3.63, 3.8) is 0 Å². The Kier molecular flexibility index (Phi) is 3.25. The van der Waals surface area contributed by atoms with Crippen LogP contribution in [0.15, 0.2) is 47.2 Å². The highest BCUT2D eigenvalue weighted by Gasteiger charge is 2.10. The lowest BCUT2D eigenvalue weighted by Gasteiger charge is -2.01. The number of hydrogen-bond acceptors (Lipinski definition) is 6. The summed E-state index contributed by atoms with van der Waals surface area (Å²) in [6, 6.07) is 9.48. The van der Waals surface area contributed by atoms with Crippen molar-refractivity contribution in [1.29, 1.82) is 0 Å². The Morgan fingerprint density at radius 3 is 3.09 bits per heavy atom. The molecule has 0 spiro atoms. The van der Waals surface area contributed by atoms with Gasteiger partial charge in [-0.1, -0.05) is 11.3 Å². The van der Waals surface area contributed by atoms with Gasteiger partial charge in [0.05, 0.1) is 11.0 Å². The van der Waals surface area contributed by atoms with Crippen molar-refractivity contribution in [2.24, 2.45) is 0 Å². The van der Waals surface area contributed by atoms with Crippen LogP contribution in [-0.4, -0.2) is 21.7 Å². The van der Waals surface area contributed by atoms with Crippen molar-refractivity contribution in [2.45, 2.75) is 6.42 Å². The van der Waals surface area contributed by atoms with Crippen molar-refractivity contribution in [1.82, 2.24) is 9.97 Å². The van der Waals surface area contributed by atoms with E-state index in [0.717, 1.165) is 21.2 Å². The average molecular weight is 312 g/mol. The number of pyridine rings is 1. The van der Waals surface area contributed by atoms with Gasteiger partial charge < -0.3 is 14.3 Å². The quantitative estimate of drug-likeness (QED) is 0.621. The molecule has 0 radical (unpaired) electrons. The van der Waals surface area contributed by atoms with E-state index < -0.39 is 0 Å². The first-order chi connectivity index (χ1) is 10.8. The van der Waals surface area contributed by atoms with Crippen LogP contribution in [0.2, 0.25) is 0 Å². The largest absolute Gasteiger partial charge is 0.464 e. The molecule has 3 aromatic heterocycles. The van der Waals surface area contributed by atoms with Gasteiger partial charge in [0.1, 0.15) is 11.3 Å². The van der Waals surface area contributed by atoms with E-state index in [1.54, 1.807) is 12.5 Å². The molecule has 0 fully saturated rings. The minimum atomic E-state index is 0.103. The van der Waals surface area contributed by atoms with E-state index in [1.165, 1.54) is 11.3 Å². The van der Waals surface area contributed by atoms with Gasteiger partial charge in [-0.15, -0.1) is 0 Å². The van der Waals surface area contributed by atoms with Crippen LogP contribution in [0.1, 0.15) is 5.56 Å². The Morgan fingerprint density at radius 1 is 1.27 bits per heavy atom. The van der Waals surface area contributed by atoms with Gasteiger partial charge in [0, 0.05) is 29.8 Å². The molecule has 0 aliphatic rings. The fourth-order valence-electron chi connectivity index (χ4n) is 2.33. The van der Waals surface area contributed by atoms with Gasteiger partial charge in [-0.2, -0.15) is 4.98 Å². The molecule has 0 aliphatic heterocycles. The summed E-state index contributed by atoms with van der Waals surface area (Å²) in [6.07, 6.45) is 3.96. The molecule has 1 N–H and O–H groups in total. The van der Waals surface area contributed by atoms with Crippen molar-refractivity contribution in [3.05, 3.63) is 48.4 Å². The highest BCUT2D eigenvalue weighted by Crippen LogP contribution is 2.32. The summed E-state index contributed by atoms with van der Waals surface area (Å²) >= 11 is 1.45. The maximum atomic E-state index is 9.04. The number of aromatic nitrogens is 2. The zero-order valence-electron chi connectivity index (χ0n) is 11.5. The zero-order chi connectivity index (χ0) is 14.9. The summed E-state index contributed by atoms with van der Waals surface area (Å²) in [4.78, 5) is 8.54. The lowest BCUT2D eigenvalue weighted by molar-refractivity contribution is 0.299. The number of thiazole rings is 1. The fourth-order valence-corrected chi connectivity index (χ4v) is 3.13. The normalized spacial score (nSPS) is 11.3. The number of hydrogen-bond donors (Lipinski definition) is 1. The molecule has 22 heavy (non-hydrogen) atoms. The summed E-state index contributed by atoms with van der Waals surface area (Å²) in [5.41, 5.74) is 2.42. The van der Waals surface area contributed by atoms with Crippen LogP contribution in [-0.2, 0) is 6.42 Å². The number of aliphatic hydroxyl groups excluding tert-OH is 1. The SMILES string of the molecule is OCCc1coc2cc(Oc3nc4ncccc4s3)ccc12. The van der Waals surface area contributed by atoms with E-state index in [0.29, 0.717) is 23.0 Å². The van der Waals surface area contributed by atoms with Gasteiger partial charge in [-0.25, -0.2) is 4.98 Å². The Labute approximate surface area is 129 Å². The zero-order valence-corrected chi connectivity index (χ0v) is 12.3. The van der Waals surface area contributed by atoms with E-state index in [2.05, 4.69) is 9.97 Å². The molecule has 3 heterocycles. The van der Waals surface area contributed by atoms with Crippen LogP contribution in [0, 0.1) is 0 Å². The predicted octanol–water partition coefficient (Wildman–Crippen LogP) is 3.76. The van der Waals surface area contributed by atoms with Gasteiger partial charge >= 0.3 is 0 Å². The fraction of sp³-hybridized carbons (Fsp3) is 0.125. The van der Waals surface area contributed by atoms with Crippen LogP contribution in [0.3, 0.4) is 0 Å². The molecule has 0 amide bonds. The molecule has 6 heteroatoms. The standard InChI is InChI=1S/C16H12N2O3S/c19-7-5-10-9-20-13-8-11(3-4-12(10)13)21-16-18-15-14(22-16)2-1-6-17-15/h1-4,6,8-9,19H,5,7H2. The summed E-state index contributed by atoms with van der Waals surface area (Å²) in [5.74, 6) is 0.663. The Hall–Kier alpha value is -2.44. The summed E-state index contributed by atoms with van der Waals surface area (Å²) in [5, 5.41) is 10.6. The maximum Gasteiger partial charge on any atom is 0.281 e. The number of fused-ring (bicyclic) bond motifs is 2. The number of benzene rings is 1. The second kappa shape index (κ2) is 5.40. The molecule has 0 bridgehead atoms. The molecule has 0 aliphatic carbocycles. The minimum Gasteiger partial charge on any atom is -0.464 e. The first-order valence-electron chi connectivity index (χ1n) is 6.84. The molecule has 0 saturated heterocycles. The monoisotopic (exact) mass is 312 g/mol. The molecule has 1 aromatic carbocycles. The van der Waals surface area contributed by atoms with Crippen molar-refractivity contribution >= 4 is 32.7 Å². The van der Waals surface area contributed by atoms with E-state index in [9.17, 15) is 0 Å². The highest BCUT2D eigenvalue weighted by atomic mass is 32.1. The minimum absolute atomic E-state index is 0.103. The van der Waals surface area contributed by atoms with Crippen LogP contribution in [0.5, 0.6) is 10.9 Å². The Morgan fingerprint density at radius 2 is 2.23 bits per heavy atom. The highest BCUT2D eigenvalue weighted by molar-refractivity contribution is 7.20. The van der Waals surface area contributed by atoms with Crippen LogP contribution in [0.4, 0.5) is 0 Å². The van der Waals surface area contributed by atoms with E-state index in [4.69, 9.17) is 14.3 Å². The lowest BCUT2D eigenvalue weighted by atomic mass is 10.1. The molecule has 0 saturated carbocycles. The number of aliphatic hydroxyl groups is 1. The molecule has 0 unspecified atom stereocenters. The van der Waals surface area contributed by atoms with Gasteiger partial charge in [-0.3, -0.25) is 0 Å². The van der Waals surface area contributed by atoms with Crippen LogP contribution in [0.25, 0.3) is 21.3 Å². The summed E-state index contributed by atoms with van der Waals surface area (Å²) in [7, 11) is 0. The first-order valence-corrected chi connectivity index (χ1v) is 7.65. The lowest BCUT2D eigenvalue weighted by Crippen LogP contribution is -1.88. The second-order valence-electron chi connectivity index (χ2n) is 4.80. The number of ether oxygens (including phenoxy) is 1. The van der Waals surface area contributed by atoms with Gasteiger partial charge in [0.25, 0.3) is 5.19 Å². The molecule has 0 atom stereocenters. The Balaban J connectivity index is 1.66. The van der Waals surface area contributed by atoms with E-state index in [-0.39, 0.29) is 6.61 Å². The summed E-state index contributed by atoms with van der Waals surface area (Å²) < 4.78 is 12.3. The van der Waals surface area contributed by atoms with E-state index in [1.807, 2.05) is 30.3 Å². The van der Waals surface area contributed by atoms with Crippen molar-refractivity contribution in [3.8, 4) is 10.9 Å². The third kappa shape index (κ3) is 2.32. The molecular formula is C16H12N2O3S. The molecular weight excluding hydrogens is 300 g/mol. The van der Waals surface area contributed by atoms with Gasteiger partial charge in [0.2, 0.25) is 0 Å². The smallest absolute Gasteiger partial charge is 0.281 e. The molecule has 5 nitrogen and oxygen atoms in total.